The fourth-order valence-electron chi connectivity index (χ4n) is 1.60. The molecule has 1 N–H and O–H groups in total. The minimum atomic E-state index is -0.451. The topological polar surface area (TPSA) is 81.9 Å². The van der Waals surface area contributed by atoms with Crippen LogP contribution >= 0.6 is 0 Å². The number of carbonyl (C=O) groups excluding carboxylic acids is 1. The van der Waals surface area contributed by atoms with Gasteiger partial charge in [-0.15, -0.1) is 5.10 Å². The molecule has 1 unspecified atom stereocenters. The molecule has 6 heteroatoms. The van der Waals surface area contributed by atoms with Gasteiger partial charge in [-0.2, -0.15) is 10.4 Å². The second-order valence-corrected chi connectivity index (χ2v) is 4.46. The van der Waals surface area contributed by atoms with Gasteiger partial charge in [0.1, 0.15) is 17.7 Å². The largest absolute Gasteiger partial charge is 0.356 e. The molecule has 19 heavy (non-hydrogen) atoms. The van der Waals surface area contributed by atoms with Crippen molar-refractivity contribution < 1.29 is 4.79 Å². The summed E-state index contributed by atoms with van der Waals surface area (Å²) in [5, 5.41) is 20.1. The lowest BCUT2D eigenvalue weighted by molar-refractivity contribution is -0.130. The van der Waals surface area contributed by atoms with Crippen molar-refractivity contribution in [2.24, 2.45) is 0 Å². The van der Waals surface area contributed by atoms with Gasteiger partial charge in [0.15, 0.2) is 5.82 Å². The van der Waals surface area contributed by atoms with Gasteiger partial charge in [0, 0.05) is 13.6 Å². The van der Waals surface area contributed by atoms with E-state index in [0.29, 0.717) is 23.6 Å². The van der Waals surface area contributed by atoms with Crippen LogP contribution in [-0.2, 0) is 4.79 Å². The Labute approximate surface area is 113 Å². The average molecular weight is 261 g/mol. The van der Waals surface area contributed by atoms with Gasteiger partial charge in [-0.1, -0.05) is 0 Å². The maximum absolute atomic E-state index is 12.0. The van der Waals surface area contributed by atoms with Gasteiger partial charge in [0.2, 0.25) is 5.91 Å². The summed E-state index contributed by atoms with van der Waals surface area (Å²) in [6.07, 6.45) is 0. The number of amides is 1. The van der Waals surface area contributed by atoms with E-state index in [-0.39, 0.29) is 5.91 Å². The molecule has 0 aliphatic carbocycles. The minimum absolute atomic E-state index is 0.0496. The summed E-state index contributed by atoms with van der Waals surface area (Å²) in [4.78, 5) is 13.6. The molecule has 102 valence electrons. The molecule has 0 spiro atoms. The summed E-state index contributed by atoms with van der Waals surface area (Å²) < 4.78 is 0. The molecule has 0 saturated carbocycles. The number of carbonyl (C=O) groups is 1. The first-order valence-corrected chi connectivity index (χ1v) is 6.17. The highest BCUT2D eigenvalue weighted by molar-refractivity contribution is 5.84. The molecular formula is C13H19N5O. The van der Waals surface area contributed by atoms with Crippen LogP contribution in [0.4, 0.5) is 5.82 Å². The van der Waals surface area contributed by atoms with E-state index < -0.39 is 6.04 Å². The average Bonchev–Trinajstić information content (AvgIpc) is 2.41. The lowest BCUT2D eigenvalue weighted by Gasteiger charge is -2.21. The Balaban J connectivity index is 2.98. The van der Waals surface area contributed by atoms with Crippen molar-refractivity contribution in [1.29, 1.82) is 5.26 Å². The zero-order chi connectivity index (χ0) is 14.6. The summed E-state index contributed by atoms with van der Waals surface area (Å²) in [5.41, 5.74) is 1.93. The molecule has 6 nitrogen and oxygen atoms in total. The summed E-state index contributed by atoms with van der Waals surface area (Å²) in [6.45, 7) is 7.90. The van der Waals surface area contributed by atoms with Crippen LogP contribution in [0.25, 0.3) is 0 Å². The molecule has 0 fully saturated rings. The number of anilines is 1. The number of hydrogen-bond acceptors (Lipinski definition) is 5. The first-order valence-electron chi connectivity index (χ1n) is 6.17. The predicted octanol–water partition coefficient (Wildman–Crippen LogP) is 1.24. The highest BCUT2D eigenvalue weighted by Crippen LogP contribution is 2.18. The number of nitriles is 1. The molecule has 0 aliphatic rings. The van der Waals surface area contributed by atoms with Crippen molar-refractivity contribution in [3.8, 4) is 6.07 Å². The van der Waals surface area contributed by atoms with Gasteiger partial charge in [-0.25, -0.2) is 0 Å². The van der Waals surface area contributed by atoms with E-state index in [1.807, 2.05) is 13.8 Å². The molecule has 1 rings (SSSR count). The van der Waals surface area contributed by atoms with Crippen molar-refractivity contribution in [1.82, 2.24) is 15.1 Å². The van der Waals surface area contributed by atoms with Gasteiger partial charge < -0.3 is 10.2 Å². The monoisotopic (exact) mass is 261 g/mol. The Bertz CT molecular complexity index is 521. The third kappa shape index (κ3) is 3.19. The first kappa shape index (κ1) is 14.9. The molecule has 0 aromatic carbocycles. The van der Waals surface area contributed by atoms with Crippen LogP contribution < -0.4 is 5.32 Å². The Kier molecular flexibility index (Phi) is 4.81. The van der Waals surface area contributed by atoms with Crippen molar-refractivity contribution in [3.63, 3.8) is 0 Å². The quantitative estimate of drug-likeness (QED) is 0.882. The molecule has 0 radical (unpaired) electrons. The summed E-state index contributed by atoms with van der Waals surface area (Å²) >= 11 is 0. The van der Waals surface area contributed by atoms with E-state index in [1.165, 1.54) is 0 Å². The number of rotatable bonds is 4. The van der Waals surface area contributed by atoms with Crippen LogP contribution in [0.3, 0.4) is 0 Å². The molecule has 1 heterocycles. The van der Waals surface area contributed by atoms with E-state index in [0.717, 1.165) is 5.56 Å². The number of nitrogens with zero attached hydrogens (tertiary/aromatic N) is 4. The number of aromatic nitrogens is 2. The second-order valence-electron chi connectivity index (χ2n) is 4.46. The van der Waals surface area contributed by atoms with E-state index in [9.17, 15) is 10.1 Å². The smallest absolute Gasteiger partial charge is 0.244 e. The second kappa shape index (κ2) is 6.14. The molecule has 0 aliphatic heterocycles. The molecule has 1 amide bonds. The number of nitrogens with one attached hydrogen (secondary N) is 1. The first-order chi connectivity index (χ1) is 8.92. The number of aryl methyl sites for hydroxylation is 1. The molecule has 1 aromatic rings. The fraction of sp³-hybridized carbons (Fsp3) is 0.538. The predicted molar refractivity (Wildman–Crippen MR) is 72.6 cm³/mol. The summed E-state index contributed by atoms with van der Waals surface area (Å²) in [6, 6.07) is 1.65. The van der Waals surface area contributed by atoms with Crippen LogP contribution in [0.1, 0.15) is 30.7 Å². The third-order valence-corrected chi connectivity index (χ3v) is 3.14. The Morgan fingerprint density at radius 2 is 2.11 bits per heavy atom. The van der Waals surface area contributed by atoms with Crippen LogP contribution in [0.5, 0.6) is 0 Å². The minimum Gasteiger partial charge on any atom is -0.356 e. The molecule has 1 aromatic heterocycles. The SMILES string of the molecule is CCN(C)C(=O)C(C)Nc1nnc(C)c(C)c1C#N. The Hall–Kier alpha value is -2.16. The van der Waals surface area contributed by atoms with Crippen molar-refractivity contribution in [2.45, 2.75) is 33.7 Å². The fourth-order valence-corrected chi connectivity index (χ4v) is 1.60. The highest BCUT2D eigenvalue weighted by Gasteiger charge is 2.19. The summed E-state index contributed by atoms with van der Waals surface area (Å²) in [7, 11) is 1.73. The van der Waals surface area contributed by atoms with Gasteiger partial charge in [0.25, 0.3) is 0 Å². The van der Waals surface area contributed by atoms with Crippen LogP contribution in [0, 0.1) is 25.2 Å². The normalized spacial score (nSPS) is 11.6. The maximum atomic E-state index is 12.0. The van der Waals surface area contributed by atoms with Crippen molar-refractivity contribution >= 4 is 11.7 Å². The molecule has 0 saturated heterocycles. The Morgan fingerprint density at radius 1 is 1.47 bits per heavy atom. The lowest BCUT2D eigenvalue weighted by atomic mass is 10.1. The zero-order valence-electron chi connectivity index (χ0n) is 12.0. The molecule has 0 bridgehead atoms. The lowest BCUT2D eigenvalue weighted by Crippen LogP contribution is -2.39. The van der Waals surface area contributed by atoms with Gasteiger partial charge in [0.05, 0.1) is 5.69 Å². The van der Waals surface area contributed by atoms with Crippen LogP contribution in [0.2, 0.25) is 0 Å². The number of likely N-dealkylation sites (N-methyl/N-ethyl adjacent to an activating group) is 1. The number of hydrogen-bond donors (Lipinski definition) is 1. The zero-order valence-corrected chi connectivity index (χ0v) is 12.0. The van der Waals surface area contributed by atoms with E-state index in [4.69, 9.17) is 0 Å². The Morgan fingerprint density at radius 3 is 2.63 bits per heavy atom. The van der Waals surface area contributed by atoms with Crippen molar-refractivity contribution in [3.05, 3.63) is 16.8 Å². The van der Waals surface area contributed by atoms with E-state index in [1.54, 1.807) is 25.8 Å². The van der Waals surface area contributed by atoms with Gasteiger partial charge in [-0.05, 0) is 33.3 Å². The van der Waals surface area contributed by atoms with Crippen LogP contribution in [0.15, 0.2) is 0 Å². The molecular weight excluding hydrogens is 242 g/mol. The van der Waals surface area contributed by atoms with E-state index >= 15 is 0 Å². The van der Waals surface area contributed by atoms with E-state index in [2.05, 4.69) is 21.6 Å². The van der Waals surface area contributed by atoms with Gasteiger partial charge in [-0.3, -0.25) is 4.79 Å². The standard InChI is InChI=1S/C13H19N5O/c1-6-18(5)13(19)10(4)15-12-11(7-14)8(2)9(3)16-17-12/h10H,6H2,1-5H3,(H,15,17). The van der Waals surface area contributed by atoms with Gasteiger partial charge >= 0.3 is 0 Å². The summed E-state index contributed by atoms with van der Waals surface area (Å²) in [5.74, 6) is 0.308. The van der Waals surface area contributed by atoms with Crippen LogP contribution in [-0.4, -0.2) is 40.6 Å². The van der Waals surface area contributed by atoms with Crippen molar-refractivity contribution in [2.75, 3.05) is 18.9 Å². The maximum Gasteiger partial charge on any atom is 0.244 e. The molecule has 1 atom stereocenters. The highest BCUT2D eigenvalue weighted by atomic mass is 16.2. The third-order valence-electron chi connectivity index (χ3n) is 3.14.